The Labute approximate surface area is 119 Å². The van der Waals surface area contributed by atoms with Crippen LogP contribution in [0.15, 0.2) is 18.2 Å². The molecule has 0 aliphatic carbocycles. The molecule has 0 spiro atoms. The molecule has 1 N–H and O–H groups in total. The average molecular weight is 295 g/mol. The number of hydrogen-bond acceptors (Lipinski definition) is 4. The van der Waals surface area contributed by atoms with Gasteiger partial charge in [0.2, 0.25) is 5.91 Å². The van der Waals surface area contributed by atoms with E-state index in [0.717, 1.165) is 18.2 Å². The number of rotatable bonds is 3. The van der Waals surface area contributed by atoms with Gasteiger partial charge in [-0.25, -0.2) is 4.39 Å². The number of likely N-dealkylation sites (N-methyl/N-ethyl adjacent to an activating group) is 1. The molecule has 1 aromatic rings. The summed E-state index contributed by atoms with van der Waals surface area (Å²) in [4.78, 5) is 35.3. The molecule has 1 aromatic carbocycles. The Morgan fingerprint density at radius 3 is 2.81 bits per heavy atom. The van der Waals surface area contributed by atoms with E-state index in [2.05, 4.69) is 5.32 Å². The topological polar surface area (TPSA) is 92.6 Å². The second-order valence-corrected chi connectivity index (χ2v) is 4.69. The molecule has 2 amide bonds. The quantitative estimate of drug-likeness (QED) is 0.667. The zero-order valence-electron chi connectivity index (χ0n) is 11.3. The fraction of sp³-hybridized carbons (Fsp3) is 0.385. The van der Waals surface area contributed by atoms with E-state index in [4.69, 9.17) is 0 Å². The molecular formula is C13H14FN3O4. The summed E-state index contributed by atoms with van der Waals surface area (Å²) >= 11 is 0. The minimum atomic E-state index is -0.840. The van der Waals surface area contributed by atoms with Crippen molar-refractivity contribution in [3.63, 3.8) is 0 Å². The smallest absolute Gasteiger partial charge is 0.270 e. The van der Waals surface area contributed by atoms with Crippen LogP contribution in [-0.4, -0.2) is 41.3 Å². The van der Waals surface area contributed by atoms with Crippen LogP contribution in [0.25, 0.3) is 0 Å². The van der Waals surface area contributed by atoms with Crippen LogP contribution in [0, 0.1) is 15.9 Å². The molecular weight excluding hydrogens is 281 g/mol. The van der Waals surface area contributed by atoms with E-state index >= 15 is 0 Å². The maximum absolute atomic E-state index is 13.8. The van der Waals surface area contributed by atoms with Gasteiger partial charge in [-0.05, 0) is 18.9 Å². The molecule has 112 valence electrons. The highest BCUT2D eigenvalue weighted by Crippen LogP contribution is 2.24. The number of amides is 2. The second-order valence-electron chi connectivity index (χ2n) is 4.69. The Morgan fingerprint density at radius 1 is 1.48 bits per heavy atom. The number of nitrogens with one attached hydrogen (secondary N) is 1. The van der Waals surface area contributed by atoms with Crippen molar-refractivity contribution in [3.05, 3.63) is 39.7 Å². The number of nitro groups is 1. The SMILES string of the molecule is CNC(=O)C1CCCN1C(=O)c1cc([N+](=O)[O-])ccc1F. The van der Waals surface area contributed by atoms with Crippen LogP contribution in [0.2, 0.25) is 0 Å². The zero-order chi connectivity index (χ0) is 15.6. The first kappa shape index (κ1) is 14.9. The number of hydrogen-bond donors (Lipinski definition) is 1. The van der Waals surface area contributed by atoms with Crippen molar-refractivity contribution in [2.45, 2.75) is 18.9 Å². The number of carbonyl (C=O) groups is 2. The normalized spacial score (nSPS) is 17.6. The third-order valence-corrected chi connectivity index (χ3v) is 3.45. The first-order chi connectivity index (χ1) is 9.95. The number of benzene rings is 1. The molecule has 21 heavy (non-hydrogen) atoms. The molecule has 1 aliphatic rings. The predicted octanol–water partition coefficient (Wildman–Crippen LogP) is 1.08. The van der Waals surface area contributed by atoms with E-state index in [9.17, 15) is 24.1 Å². The van der Waals surface area contributed by atoms with Crippen molar-refractivity contribution in [3.8, 4) is 0 Å². The molecule has 7 nitrogen and oxygen atoms in total. The largest absolute Gasteiger partial charge is 0.357 e. The Bertz CT molecular complexity index is 605. The van der Waals surface area contributed by atoms with E-state index in [1.54, 1.807) is 0 Å². The first-order valence-electron chi connectivity index (χ1n) is 6.42. The second kappa shape index (κ2) is 5.86. The fourth-order valence-electron chi connectivity index (χ4n) is 2.39. The predicted molar refractivity (Wildman–Crippen MR) is 71.2 cm³/mol. The number of non-ortho nitro benzene ring substituents is 1. The lowest BCUT2D eigenvalue weighted by molar-refractivity contribution is -0.384. The van der Waals surface area contributed by atoms with Gasteiger partial charge in [-0.1, -0.05) is 0 Å². The molecule has 0 saturated carbocycles. The Balaban J connectivity index is 2.33. The summed E-state index contributed by atoms with van der Waals surface area (Å²) in [5.41, 5.74) is -0.754. The first-order valence-corrected chi connectivity index (χ1v) is 6.42. The van der Waals surface area contributed by atoms with Crippen LogP contribution < -0.4 is 5.32 Å². The lowest BCUT2D eigenvalue weighted by atomic mass is 10.1. The van der Waals surface area contributed by atoms with Crippen LogP contribution in [0.1, 0.15) is 23.2 Å². The van der Waals surface area contributed by atoms with Gasteiger partial charge in [-0.3, -0.25) is 19.7 Å². The summed E-state index contributed by atoms with van der Waals surface area (Å²) in [6, 6.07) is 2.11. The molecule has 0 radical (unpaired) electrons. The summed E-state index contributed by atoms with van der Waals surface area (Å²) in [7, 11) is 1.46. The molecule has 1 aliphatic heterocycles. The maximum Gasteiger partial charge on any atom is 0.270 e. The van der Waals surface area contributed by atoms with Crippen molar-refractivity contribution in [1.29, 1.82) is 0 Å². The molecule has 1 atom stereocenters. The summed E-state index contributed by atoms with van der Waals surface area (Å²) in [6.45, 7) is 0.319. The third kappa shape index (κ3) is 2.83. The molecule has 0 aromatic heterocycles. The van der Waals surface area contributed by atoms with Gasteiger partial charge in [0.25, 0.3) is 11.6 Å². The van der Waals surface area contributed by atoms with Crippen LogP contribution in [0.3, 0.4) is 0 Å². The zero-order valence-corrected chi connectivity index (χ0v) is 11.3. The molecule has 1 saturated heterocycles. The highest BCUT2D eigenvalue weighted by Gasteiger charge is 2.35. The standard InChI is InChI=1S/C13H14FN3O4/c1-15-12(18)11-3-2-6-16(11)13(19)9-7-8(17(20)21)4-5-10(9)14/h4-5,7,11H,2-3,6H2,1H3,(H,15,18). The van der Waals surface area contributed by atoms with Crippen molar-refractivity contribution in [1.82, 2.24) is 10.2 Å². The van der Waals surface area contributed by atoms with Crippen LogP contribution in [0.5, 0.6) is 0 Å². The highest BCUT2D eigenvalue weighted by molar-refractivity contribution is 5.98. The van der Waals surface area contributed by atoms with Crippen molar-refractivity contribution in [2.75, 3.05) is 13.6 Å². The monoisotopic (exact) mass is 295 g/mol. The van der Waals surface area contributed by atoms with E-state index in [0.29, 0.717) is 19.4 Å². The van der Waals surface area contributed by atoms with E-state index in [1.807, 2.05) is 0 Å². The van der Waals surface area contributed by atoms with E-state index < -0.39 is 22.7 Å². The summed E-state index contributed by atoms with van der Waals surface area (Å²) in [5, 5.41) is 13.2. The van der Waals surface area contributed by atoms with Gasteiger partial charge in [0.1, 0.15) is 11.9 Å². The van der Waals surface area contributed by atoms with Gasteiger partial charge in [0, 0.05) is 25.7 Å². The molecule has 1 fully saturated rings. The lowest BCUT2D eigenvalue weighted by Gasteiger charge is -2.23. The number of carbonyl (C=O) groups excluding carboxylic acids is 2. The van der Waals surface area contributed by atoms with Gasteiger partial charge in [0.15, 0.2) is 0 Å². The molecule has 2 rings (SSSR count). The van der Waals surface area contributed by atoms with Crippen LogP contribution in [-0.2, 0) is 4.79 Å². The van der Waals surface area contributed by atoms with E-state index in [-0.39, 0.29) is 17.2 Å². The van der Waals surface area contributed by atoms with Gasteiger partial charge in [-0.15, -0.1) is 0 Å². The summed E-state index contributed by atoms with van der Waals surface area (Å²) in [5.74, 6) is -1.87. The minimum absolute atomic E-state index is 0.319. The van der Waals surface area contributed by atoms with Gasteiger partial charge >= 0.3 is 0 Å². The number of likely N-dealkylation sites (tertiary alicyclic amines) is 1. The minimum Gasteiger partial charge on any atom is -0.357 e. The molecule has 1 heterocycles. The Kier molecular flexibility index (Phi) is 4.15. The van der Waals surface area contributed by atoms with Crippen molar-refractivity contribution < 1.29 is 18.9 Å². The molecule has 0 bridgehead atoms. The van der Waals surface area contributed by atoms with Crippen molar-refractivity contribution in [2.24, 2.45) is 0 Å². The number of nitrogens with zero attached hydrogens (tertiary/aromatic N) is 2. The van der Waals surface area contributed by atoms with E-state index in [1.165, 1.54) is 11.9 Å². The Morgan fingerprint density at radius 2 is 2.19 bits per heavy atom. The lowest BCUT2D eigenvalue weighted by Crippen LogP contribution is -2.45. The van der Waals surface area contributed by atoms with Crippen LogP contribution in [0.4, 0.5) is 10.1 Å². The summed E-state index contributed by atoms with van der Waals surface area (Å²) < 4.78 is 13.8. The van der Waals surface area contributed by atoms with Crippen molar-refractivity contribution >= 4 is 17.5 Å². The molecule has 1 unspecified atom stereocenters. The number of nitro benzene ring substituents is 1. The fourth-order valence-corrected chi connectivity index (χ4v) is 2.39. The maximum atomic E-state index is 13.8. The highest BCUT2D eigenvalue weighted by atomic mass is 19.1. The van der Waals surface area contributed by atoms with Gasteiger partial charge in [-0.2, -0.15) is 0 Å². The summed E-state index contributed by atoms with van der Waals surface area (Å²) in [6.07, 6.45) is 1.11. The Hall–Kier alpha value is -2.51. The van der Waals surface area contributed by atoms with Crippen LogP contribution >= 0.6 is 0 Å². The number of halogens is 1. The van der Waals surface area contributed by atoms with Gasteiger partial charge < -0.3 is 10.2 Å². The van der Waals surface area contributed by atoms with Gasteiger partial charge in [0.05, 0.1) is 10.5 Å². The third-order valence-electron chi connectivity index (χ3n) is 3.45. The average Bonchev–Trinajstić information content (AvgIpc) is 2.95. The molecule has 8 heteroatoms.